The molecule has 3 aromatic rings. The number of hydrogen-bond donors (Lipinski definition) is 1. The summed E-state index contributed by atoms with van der Waals surface area (Å²) in [6.07, 6.45) is 1.50. The zero-order chi connectivity index (χ0) is 20.3. The van der Waals surface area contributed by atoms with Gasteiger partial charge in [0.1, 0.15) is 11.5 Å². The maximum Gasteiger partial charge on any atom is 0.417 e. The van der Waals surface area contributed by atoms with Crippen molar-refractivity contribution in [2.45, 2.75) is 11.4 Å². The second kappa shape index (κ2) is 7.91. The van der Waals surface area contributed by atoms with Gasteiger partial charge in [-0.25, -0.2) is 13.2 Å². The van der Waals surface area contributed by atoms with Gasteiger partial charge in [0.05, 0.1) is 24.6 Å². The molecule has 148 valence electrons. The van der Waals surface area contributed by atoms with Gasteiger partial charge in [-0.3, -0.25) is 4.98 Å². The van der Waals surface area contributed by atoms with Crippen LogP contribution in [0.5, 0.6) is 11.5 Å². The van der Waals surface area contributed by atoms with Crippen LogP contribution in [0, 0.1) is 0 Å². The Morgan fingerprint density at radius 1 is 1.18 bits per heavy atom. The quantitative estimate of drug-likeness (QED) is 0.579. The highest BCUT2D eigenvalue weighted by Crippen LogP contribution is 2.28. The lowest BCUT2D eigenvalue weighted by Gasteiger charge is -2.22. The lowest BCUT2D eigenvalue weighted by Crippen LogP contribution is -2.31. The predicted molar refractivity (Wildman–Crippen MR) is 104 cm³/mol. The molecule has 0 aliphatic rings. The van der Waals surface area contributed by atoms with Crippen LogP contribution in [0.25, 0.3) is 11.1 Å². The van der Waals surface area contributed by atoms with Gasteiger partial charge in [0, 0.05) is 24.7 Å². The molecule has 0 saturated carbocycles. The van der Waals surface area contributed by atoms with Crippen LogP contribution in [-0.2, 0) is 16.6 Å². The number of oxazole rings is 1. The SMILES string of the molecule is C=CCN(Cc1cc(OC)ccc1OC)S(=O)(=O)c1ccc2[nH]c(=O)oc2c1. The summed E-state index contributed by atoms with van der Waals surface area (Å²) < 4.78 is 43.2. The molecule has 2 aromatic carbocycles. The molecule has 1 heterocycles. The van der Waals surface area contributed by atoms with Crippen molar-refractivity contribution in [2.75, 3.05) is 20.8 Å². The zero-order valence-electron chi connectivity index (χ0n) is 15.5. The summed E-state index contributed by atoms with van der Waals surface area (Å²) in [4.78, 5) is 13.8. The lowest BCUT2D eigenvalue weighted by atomic mass is 10.2. The average molecular weight is 404 g/mol. The van der Waals surface area contributed by atoms with Crippen LogP contribution in [0.15, 0.2) is 63.2 Å². The fraction of sp³-hybridized carbons (Fsp3) is 0.211. The van der Waals surface area contributed by atoms with E-state index in [0.29, 0.717) is 22.6 Å². The number of methoxy groups -OCH3 is 2. The fourth-order valence-electron chi connectivity index (χ4n) is 2.82. The number of aromatic amines is 1. The number of nitrogens with zero attached hydrogens (tertiary/aromatic N) is 1. The number of nitrogens with one attached hydrogen (secondary N) is 1. The highest BCUT2D eigenvalue weighted by Gasteiger charge is 2.26. The van der Waals surface area contributed by atoms with Crippen molar-refractivity contribution >= 4 is 21.1 Å². The Bertz CT molecular complexity index is 1160. The van der Waals surface area contributed by atoms with E-state index in [9.17, 15) is 13.2 Å². The lowest BCUT2D eigenvalue weighted by molar-refractivity contribution is 0.384. The Hall–Kier alpha value is -3.04. The number of ether oxygens (including phenoxy) is 2. The molecule has 3 rings (SSSR count). The normalized spacial score (nSPS) is 11.7. The van der Waals surface area contributed by atoms with E-state index < -0.39 is 15.8 Å². The predicted octanol–water partition coefficient (Wildman–Crippen LogP) is 2.52. The highest BCUT2D eigenvalue weighted by molar-refractivity contribution is 7.89. The molecule has 0 unspecified atom stereocenters. The van der Waals surface area contributed by atoms with Gasteiger partial charge < -0.3 is 13.9 Å². The van der Waals surface area contributed by atoms with E-state index >= 15 is 0 Å². The first-order chi connectivity index (χ1) is 13.4. The summed E-state index contributed by atoms with van der Waals surface area (Å²) in [5.41, 5.74) is 1.24. The Balaban J connectivity index is 2.02. The fourth-order valence-corrected chi connectivity index (χ4v) is 4.23. The topological polar surface area (TPSA) is 102 Å². The van der Waals surface area contributed by atoms with Gasteiger partial charge in [0.25, 0.3) is 0 Å². The van der Waals surface area contributed by atoms with Crippen molar-refractivity contribution < 1.29 is 22.3 Å². The minimum Gasteiger partial charge on any atom is -0.497 e. The molecule has 1 aromatic heterocycles. The van der Waals surface area contributed by atoms with Crippen LogP contribution < -0.4 is 15.2 Å². The third kappa shape index (κ3) is 3.80. The molecule has 0 saturated heterocycles. The van der Waals surface area contributed by atoms with Crippen LogP contribution in [-0.4, -0.2) is 38.5 Å². The third-order valence-corrected chi connectivity index (χ3v) is 6.00. The largest absolute Gasteiger partial charge is 0.497 e. The smallest absolute Gasteiger partial charge is 0.417 e. The summed E-state index contributed by atoms with van der Waals surface area (Å²) in [5, 5.41) is 0. The van der Waals surface area contributed by atoms with Gasteiger partial charge in [-0.05, 0) is 30.3 Å². The van der Waals surface area contributed by atoms with Crippen LogP contribution in [0.2, 0.25) is 0 Å². The van der Waals surface area contributed by atoms with E-state index in [-0.39, 0.29) is 23.6 Å². The summed E-state index contributed by atoms with van der Waals surface area (Å²) >= 11 is 0. The summed E-state index contributed by atoms with van der Waals surface area (Å²) in [5.74, 6) is 0.480. The van der Waals surface area contributed by atoms with Crippen molar-refractivity contribution in [1.29, 1.82) is 0 Å². The maximum absolute atomic E-state index is 13.2. The number of rotatable bonds is 8. The summed E-state index contributed by atoms with van der Waals surface area (Å²) in [7, 11) is -0.854. The molecule has 0 amide bonds. The van der Waals surface area contributed by atoms with E-state index in [0.717, 1.165) is 0 Å². The third-order valence-electron chi connectivity index (χ3n) is 4.20. The number of hydrogen-bond acceptors (Lipinski definition) is 6. The molecule has 0 aliphatic heterocycles. The van der Waals surface area contributed by atoms with Crippen molar-refractivity contribution in [3.05, 3.63) is 65.2 Å². The Kier molecular flexibility index (Phi) is 5.57. The number of sulfonamides is 1. The molecule has 0 spiro atoms. The van der Waals surface area contributed by atoms with Crippen LogP contribution in [0.4, 0.5) is 0 Å². The van der Waals surface area contributed by atoms with E-state index in [1.807, 2.05) is 0 Å². The molecular weight excluding hydrogens is 384 g/mol. The van der Waals surface area contributed by atoms with Crippen molar-refractivity contribution in [2.24, 2.45) is 0 Å². The molecule has 0 bridgehead atoms. The van der Waals surface area contributed by atoms with E-state index in [2.05, 4.69) is 11.6 Å². The molecule has 8 nitrogen and oxygen atoms in total. The molecule has 1 N–H and O–H groups in total. The van der Waals surface area contributed by atoms with Gasteiger partial charge in [0.2, 0.25) is 10.0 Å². The van der Waals surface area contributed by atoms with Crippen LogP contribution in [0.3, 0.4) is 0 Å². The second-order valence-electron chi connectivity index (χ2n) is 5.94. The molecule has 0 fully saturated rings. The number of aromatic nitrogens is 1. The minimum absolute atomic E-state index is 0.00598. The Morgan fingerprint density at radius 3 is 2.64 bits per heavy atom. The van der Waals surface area contributed by atoms with Gasteiger partial charge in [0.15, 0.2) is 5.58 Å². The molecule has 0 atom stereocenters. The number of fused-ring (bicyclic) bond motifs is 1. The first-order valence-corrected chi connectivity index (χ1v) is 9.78. The van der Waals surface area contributed by atoms with E-state index in [1.165, 1.54) is 42.8 Å². The first-order valence-electron chi connectivity index (χ1n) is 8.34. The van der Waals surface area contributed by atoms with E-state index in [1.54, 1.807) is 18.2 Å². The van der Waals surface area contributed by atoms with Crippen molar-refractivity contribution in [3.63, 3.8) is 0 Å². The number of H-pyrrole nitrogens is 1. The molecule has 0 radical (unpaired) electrons. The second-order valence-corrected chi connectivity index (χ2v) is 7.87. The zero-order valence-corrected chi connectivity index (χ0v) is 16.3. The van der Waals surface area contributed by atoms with Crippen LogP contribution >= 0.6 is 0 Å². The Labute approximate surface area is 162 Å². The van der Waals surface area contributed by atoms with Gasteiger partial charge in [-0.1, -0.05) is 6.08 Å². The van der Waals surface area contributed by atoms with Crippen molar-refractivity contribution in [1.82, 2.24) is 9.29 Å². The molecular formula is C19H20N2O6S. The van der Waals surface area contributed by atoms with Gasteiger partial charge in [-0.2, -0.15) is 4.31 Å². The van der Waals surface area contributed by atoms with E-state index in [4.69, 9.17) is 13.9 Å². The molecule has 0 aliphatic carbocycles. The Morgan fingerprint density at radius 2 is 1.96 bits per heavy atom. The molecule has 9 heteroatoms. The molecule has 28 heavy (non-hydrogen) atoms. The maximum atomic E-state index is 13.2. The average Bonchev–Trinajstić information content (AvgIpc) is 3.06. The van der Waals surface area contributed by atoms with Crippen molar-refractivity contribution in [3.8, 4) is 11.5 Å². The van der Waals surface area contributed by atoms with Gasteiger partial charge >= 0.3 is 5.76 Å². The standard InChI is InChI=1S/C19H20N2O6S/c1-4-9-21(12-13-10-14(25-2)5-8-17(13)26-3)28(23,24)15-6-7-16-18(11-15)27-19(22)20-16/h4-8,10-11H,1,9,12H2,2-3H3,(H,20,22). The summed E-state index contributed by atoms with van der Waals surface area (Å²) in [6, 6.07) is 9.40. The van der Waals surface area contributed by atoms with Gasteiger partial charge in [-0.15, -0.1) is 6.58 Å². The summed E-state index contributed by atoms with van der Waals surface area (Å²) in [6.45, 7) is 3.78. The first kappa shape index (κ1) is 19.7. The monoisotopic (exact) mass is 404 g/mol. The highest BCUT2D eigenvalue weighted by atomic mass is 32.2. The minimum atomic E-state index is -3.90. The van der Waals surface area contributed by atoms with Crippen LogP contribution in [0.1, 0.15) is 5.56 Å². The number of benzene rings is 2.